The van der Waals surface area contributed by atoms with Gasteiger partial charge in [0.15, 0.2) is 6.29 Å². The van der Waals surface area contributed by atoms with E-state index in [4.69, 9.17) is 0 Å². The number of hydrogen-bond acceptors (Lipinski definition) is 4. The van der Waals surface area contributed by atoms with Gasteiger partial charge in [-0.05, 0) is 32.0 Å². The zero-order valence-corrected chi connectivity index (χ0v) is 29.0. The van der Waals surface area contributed by atoms with Crippen LogP contribution < -0.4 is 5.32 Å². The van der Waals surface area contributed by atoms with E-state index in [1.807, 2.05) is 0 Å². The fourth-order valence-corrected chi connectivity index (χ4v) is 6.12. The second-order valence-corrected chi connectivity index (χ2v) is 13.1. The molecule has 0 aliphatic heterocycles. The highest BCUT2D eigenvalue weighted by Crippen LogP contribution is 2.14. The lowest BCUT2D eigenvalue weighted by Gasteiger charge is -2.25. The molecule has 0 radical (unpaired) electrons. The first-order valence-corrected chi connectivity index (χ1v) is 18.8. The minimum atomic E-state index is -0.628. The van der Waals surface area contributed by atoms with E-state index >= 15 is 0 Å². The monoisotopic (exact) mass is 615 g/mol. The Kier molecular flexibility index (Phi) is 27.4. The fourth-order valence-electron chi connectivity index (χ4n) is 6.12. The quantitative estimate of drug-likeness (QED) is 0.0626. The van der Waals surface area contributed by atoms with E-state index in [0.717, 1.165) is 13.1 Å². The third-order valence-electron chi connectivity index (χ3n) is 8.96. The van der Waals surface area contributed by atoms with Crippen LogP contribution in [0.5, 0.6) is 0 Å². The van der Waals surface area contributed by atoms with E-state index in [1.54, 1.807) is 24.3 Å². The Morgan fingerprint density at radius 3 is 1.45 bits per heavy atom. The number of aldehydes is 1. The van der Waals surface area contributed by atoms with Gasteiger partial charge >= 0.3 is 0 Å². The van der Waals surface area contributed by atoms with Gasteiger partial charge in [0.1, 0.15) is 0 Å². The minimum Gasteiger partial charge on any atom is -0.390 e. The average Bonchev–Trinajstić information content (AvgIpc) is 3.04. The van der Waals surface area contributed by atoms with Crippen molar-refractivity contribution in [2.75, 3.05) is 26.2 Å². The highest BCUT2D eigenvalue weighted by molar-refractivity contribution is 6.01. The number of unbranched alkanes of at least 4 members (excludes halogenated alkanes) is 22. The Morgan fingerprint density at radius 1 is 0.659 bits per heavy atom. The smallest absolute Gasteiger partial charge is 0.252 e. The van der Waals surface area contributed by atoms with E-state index in [2.05, 4.69) is 24.1 Å². The molecular formula is C39H70N2O3. The second kappa shape index (κ2) is 30.0. The lowest BCUT2D eigenvalue weighted by Crippen LogP contribution is -2.41. The van der Waals surface area contributed by atoms with Crippen molar-refractivity contribution in [1.82, 2.24) is 10.2 Å². The van der Waals surface area contributed by atoms with Crippen molar-refractivity contribution in [2.24, 2.45) is 0 Å². The van der Waals surface area contributed by atoms with Gasteiger partial charge in [-0.3, -0.25) is 9.59 Å². The molecule has 0 bridgehead atoms. The molecule has 0 fully saturated rings. The molecule has 0 aliphatic carbocycles. The summed E-state index contributed by atoms with van der Waals surface area (Å²) in [5.74, 6) is -0.305. The van der Waals surface area contributed by atoms with E-state index in [9.17, 15) is 14.7 Å². The molecule has 1 atom stereocenters. The molecule has 1 unspecified atom stereocenters. The number of nitrogens with one attached hydrogen (secondary N) is 1. The number of nitrogens with zero attached hydrogens (tertiary/aromatic N) is 1. The minimum absolute atomic E-state index is 0.194. The third kappa shape index (κ3) is 22.7. The van der Waals surface area contributed by atoms with Crippen molar-refractivity contribution in [1.29, 1.82) is 0 Å². The van der Waals surface area contributed by atoms with Gasteiger partial charge in [0.2, 0.25) is 0 Å². The molecule has 1 aromatic rings. The van der Waals surface area contributed by atoms with Crippen LogP contribution in [0.15, 0.2) is 24.3 Å². The topological polar surface area (TPSA) is 69.6 Å². The largest absolute Gasteiger partial charge is 0.390 e. The summed E-state index contributed by atoms with van der Waals surface area (Å²) in [6, 6.07) is 6.80. The van der Waals surface area contributed by atoms with Crippen LogP contribution in [0.1, 0.15) is 189 Å². The van der Waals surface area contributed by atoms with Crippen LogP contribution in [-0.4, -0.2) is 54.5 Å². The molecule has 1 aromatic carbocycles. The fraction of sp³-hybridized carbons (Fsp3) is 0.795. The molecule has 0 saturated carbocycles. The number of amides is 1. The van der Waals surface area contributed by atoms with Crippen LogP contribution in [0.4, 0.5) is 0 Å². The summed E-state index contributed by atoms with van der Waals surface area (Å²) in [4.78, 5) is 26.3. The molecule has 1 rings (SSSR count). The number of hydrogen-bond donors (Lipinski definition) is 2. The van der Waals surface area contributed by atoms with E-state index in [1.165, 1.54) is 154 Å². The Labute approximate surface area is 272 Å². The number of carbonyl (C=O) groups excluding carboxylic acids is 2. The number of benzene rings is 1. The Balaban J connectivity index is 2.32. The van der Waals surface area contributed by atoms with Crippen molar-refractivity contribution < 1.29 is 14.7 Å². The zero-order chi connectivity index (χ0) is 31.9. The molecule has 44 heavy (non-hydrogen) atoms. The Hall–Kier alpha value is -1.72. The van der Waals surface area contributed by atoms with E-state index in [-0.39, 0.29) is 12.5 Å². The van der Waals surface area contributed by atoms with Crippen molar-refractivity contribution in [3.8, 4) is 0 Å². The van der Waals surface area contributed by atoms with E-state index < -0.39 is 6.10 Å². The van der Waals surface area contributed by atoms with Crippen LogP contribution >= 0.6 is 0 Å². The highest BCUT2D eigenvalue weighted by Gasteiger charge is 2.15. The van der Waals surface area contributed by atoms with Gasteiger partial charge in [-0.25, -0.2) is 0 Å². The van der Waals surface area contributed by atoms with Crippen molar-refractivity contribution in [3.05, 3.63) is 35.4 Å². The lowest BCUT2D eigenvalue weighted by molar-refractivity contribution is 0.0851. The summed E-state index contributed by atoms with van der Waals surface area (Å²) in [6.45, 7) is 7.34. The highest BCUT2D eigenvalue weighted by atomic mass is 16.3. The van der Waals surface area contributed by atoms with Gasteiger partial charge in [-0.15, -0.1) is 0 Å². The molecule has 254 valence electrons. The molecule has 5 nitrogen and oxygen atoms in total. The number of aliphatic hydroxyl groups is 1. The number of rotatable bonds is 32. The van der Waals surface area contributed by atoms with Gasteiger partial charge in [-0.2, -0.15) is 0 Å². The molecular weight excluding hydrogens is 544 g/mol. The third-order valence-corrected chi connectivity index (χ3v) is 8.96. The molecule has 1 amide bonds. The average molecular weight is 615 g/mol. The standard InChI is InChI=1S/C39H70N2O3/c1-3-5-7-9-11-13-15-17-19-21-23-27-31-41(32-28-24-22-20-18-16-14-12-10-8-6-4-2)34-37(43)33-40-39(44)38-30-26-25-29-36(38)35-42/h25-26,29-30,35,37,43H,3-24,27-28,31-34H2,1-2H3,(H,40,44). The Bertz CT molecular complexity index is 771. The first kappa shape index (κ1) is 40.3. The summed E-state index contributed by atoms with van der Waals surface area (Å²) in [5.41, 5.74) is 0.736. The first-order valence-electron chi connectivity index (χ1n) is 18.8. The van der Waals surface area contributed by atoms with Gasteiger partial charge in [0.05, 0.1) is 6.10 Å². The molecule has 0 heterocycles. The van der Waals surface area contributed by atoms with Crippen LogP contribution in [0.25, 0.3) is 0 Å². The van der Waals surface area contributed by atoms with Gasteiger partial charge < -0.3 is 15.3 Å². The molecule has 0 spiro atoms. The predicted molar refractivity (Wildman–Crippen MR) is 189 cm³/mol. The Morgan fingerprint density at radius 2 is 1.05 bits per heavy atom. The van der Waals surface area contributed by atoms with Crippen molar-refractivity contribution in [3.63, 3.8) is 0 Å². The maximum Gasteiger partial charge on any atom is 0.252 e. The maximum atomic E-state index is 12.6. The first-order chi connectivity index (χ1) is 21.6. The molecule has 0 aromatic heterocycles. The second-order valence-electron chi connectivity index (χ2n) is 13.1. The van der Waals surface area contributed by atoms with Crippen LogP contribution in [0, 0.1) is 0 Å². The van der Waals surface area contributed by atoms with Crippen LogP contribution in [-0.2, 0) is 0 Å². The van der Waals surface area contributed by atoms with E-state index in [0.29, 0.717) is 24.0 Å². The lowest BCUT2D eigenvalue weighted by atomic mass is 10.0. The molecule has 2 N–H and O–H groups in total. The van der Waals surface area contributed by atoms with Crippen molar-refractivity contribution in [2.45, 2.75) is 174 Å². The van der Waals surface area contributed by atoms with Crippen LogP contribution in [0.3, 0.4) is 0 Å². The molecule has 5 heteroatoms. The summed E-state index contributed by atoms with van der Waals surface area (Å²) >= 11 is 0. The normalized spacial score (nSPS) is 12.1. The summed E-state index contributed by atoms with van der Waals surface area (Å²) in [5, 5.41) is 13.6. The summed E-state index contributed by atoms with van der Waals surface area (Å²) in [7, 11) is 0. The summed E-state index contributed by atoms with van der Waals surface area (Å²) < 4.78 is 0. The van der Waals surface area contributed by atoms with Gasteiger partial charge in [0, 0.05) is 24.2 Å². The summed E-state index contributed by atoms with van der Waals surface area (Å²) in [6.07, 6.45) is 32.3. The van der Waals surface area contributed by atoms with Gasteiger partial charge in [0.25, 0.3) is 5.91 Å². The SMILES string of the molecule is CCCCCCCCCCCCCCN(CCCCCCCCCCCCCC)CC(O)CNC(=O)c1ccccc1C=O. The van der Waals surface area contributed by atoms with Crippen molar-refractivity contribution >= 4 is 12.2 Å². The zero-order valence-electron chi connectivity index (χ0n) is 29.0. The predicted octanol–water partition coefficient (Wildman–Crippen LogP) is 10.3. The number of carbonyl (C=O) groups is 2. The number of aliphatic hydroxyl groups excluding tert-OH is 1. The van der Waals surface area contributed by atoms with Crippen LogP contribution in [0.2, 0.25) is 0 Å². The molecule has 0 aliphatic rings. The molecule has 0 saturated heterocycles. The maximum absolute atomic E-state index is 12.6. The van der Waals surface area contributed by atoms with Gasteiger partial charge in [-0.1, -0.05) is 173 Å².